The van der Waals surface area contributed by atoms with Gasteiger partial charge in [0.05, 0.1) is 11.7 Å². The number of hydrogen-bond donors (Lipinski definition) is 1. The van der Waals surface area contributed by atoms with E-state index in [9.17, 15) is 13.2 Å². The van der Waals surface area contributed by atoms with Crippen LogP contribution in [0.3, 0.4) is 0 Å². The normalized spacial score (nSPS) is 12.5. The molecule has 192 valence electrons. The molecule has 5 rings (SSSR count). The summed E-state index contributed by atoms with van der Waals surface area (Å²) >= 11 is 1.56. The number of nitrogens with zero attached hydrogens (tertiary/aromatic N) is 2. The van der Waals surface area contributed by atoms with Gasteiger partial charge in [-0.25, -0.2) is 9.97 Å². The van der Waals surface area contributed by atoms with Gasteiger partial charge in [-0.3, -0.25) is 4.72 Å². The molecule has 0 unspecified atom stereocenters. The number of nitrogens with one attached hydrogen (secondary N) is 1. The highest BCUT2D eigenvalue weighted by Crippen LogP contribution is 2.32. The molecule has 4 nitrogen and oxygen atoms in total. The Hall–Kier alpha value is -3.52. The Balaban J connectivity index is 0.000000175. The number of fused-ring (bicyclic) bond motifs is 1. The summed E-state index contributed by atoms with van der Waals surface area (Å²) in [7, 11) is 0. The minimum Gasteiger partial charge on any atom is -0.491 e. The summed E-state index contributed by atoms with van der Waals surface area (Å²) < 4.78 is 46.7. The smallest absolute Gasteiger partial charge is 0.416 e. The molecule has 0 radical (unpaired) electrons. The lowest BCUT2D eigenvalue weighted by molar-refractivity contribution is -0.137. The molecule has 8 heteroatoms. The van der Waals surface area contributed by atoms with E-state index in [-0.39, 0.29) is 6.10 Å². The highest BCUT2D eigenvalue weighted by Gasteiger charge is 2.30. The Morgan fingerprint density at radius 3 is 2.27 bits per heavy atom. The van der Waals surface area contributed by atoms with E-state index < -0.39 is 11.7 Å². The molecular formula is C29H28F3N3OS. The minimum absolute atomic E-state index is 0.0643. The van der Waals surface area contributed by atoms with E-state index in [2.05, 4.69) is 32.9 Å². The number of aryl methyl sites for hydroxylation is 2. The number of aromatic nitrogens is 2. The van der Waals surface area contributed by atoms with Crippen molar-refractivity contribution in [3.63, 3.8) is 0 Å². The molecule has 0 saturated heterocycles. The zero-order chi connectivity index (χ0) is 26.3. The van der Waals surface area contributed by atoms with Gasteiger partial charge in [0.2, 0.25) is 5.95 Å². The van der Waals surface area contributed by atoms with Gasteiger partial charge in [-0.2, -0.15) is 13.2 Å². The Bertz CT molecular complexity index is 1300. The summed E-state index contributed by atoms with van der Waals surface area (Å²) in [6.45, 7) is 3.83. The van der Waals surface area contributed by atoms with Crippen LogP contribution in [-0.2, 0) is 19.0 Å². The van der Waals surface area contributed by atoms with Gasteiger partial charge in [0.1, 0.15) is 5.75 Å². The molecule has 1 heterocycles. The summed E-state index contributed by atoms with van der Waals surface area (Å²) in [4.78, 5) is 9.47. The van der Waals surface area contributed by atoms with E-state index >= 15 is 0 Å². The molecule has 37 heavy (non-hydrogen) atoms. The van der Waals surface area contributed by atoms with E-state index in [0.29, 0.717) is 17.3 Å². The molecule has 0 aliphatic heterocycles. The second-order valence-corrected chi connectivity index (χ2v) is 9.71. The number of alkyl halides is 3. The molecule has 1 aliphatic carbocycles. The molecule has 0 saturated carbocycles. The number of rotatable bonds is 6. The zero-order valence-corrected chi connectivity index (χ0v) is 21.4. The van der Waals surface area contributed by atoms with Crippen molar-refractivity contribution < 1.29 is 17.9 Å². The van der Waals surface area contributed by atoms with Crippen molar-refractivity contribution in [3.8, 4) is 16.9 Å². The van der Waals surface area contributed by atoms with Crippen LogP contribution in [0, 0.1) is 0 Å². The molecule has 1 aromatic heterocycles. The van der Waals surface area contributed by atoms with E-state index in [1.807, 2.05) is 19.9 Å². The summed E-state index contributed by atoms with van der Waals surface area (Å²) in [5, 5.41) is 0. The molecule has 4 aromatic rings. The Labute approximate surface area is 219 Å². The first-order chi connectivity index (χ1) is 17.8. The Morgan fingerprint density at radius 1 is 0.838 bits per heavy atom. The van der Waals surface area contributed by atoms with Crippen molar-refractivity contribution in [2.75, 3.05) is 4.72 Å². The minimum atomic E-state index is -4.32. The maximum absolute atomic E-state index is 12.7. The molecule has 0 fully saturated rings. The molecular weight excluding hydrogens is 495 g/mol. The Morgan fingerprint density at radius 2 is 1.57 bits per heavy atom. The first-order valence-electron chi connectivity index (χ1n) is 12.0. The molecule has 3 aromatic carbocycles. The fourth-order valence-electron chi connectivity index (χ4n) is 3.94. The molecule has 1 N–H and O–H groups in total. The van der Waals surface area contributed by atoms with Crippen LogP contribution in [0.25, 0.3) is 11.1 Å². The molecule has 0 amide bonds. The van der Waals surface area contributed by atoms with Crippen LogP contribution in [-0.4, -0.2) is 16.1 Å². The second-order valence-electron chi connectivity index (χ2n) is 8.83. The van der Waals surface area contributed by atoms with Crippen LogP contribution in [0.1, 0.15) is 37.0 Å². The van der Waals surface area contributed by atoms with Gasteiger partial charge in [-0.1, -0.05) is 30.3 Å². The predicted octanol–water partition coefficient (Wildman–Crippen LogP) is 8.24. The molecule has 0 bridgehead atoms. The monoisotopic (exact) mass is 523 g/mol. The van der Waals surface area contributed by atoms with Crippen LogP contribution >= 0.6 is 11.9 Å². The van der Waals surface area contributed by atoms with E-state index in [1.165, 1.54) is 41.4 Å². The number of ether oxygens (including phenoxy) is 1. The maximum Gasteiger partial charge on any atom is 0.416 e. The summed E-state index contributed by atoms with van der Waals surface area (Å²) in [6, 6.07) is 20.8. The second kappa shape index (κ2) is 12.1. The van der Waals surface area contributed by atoms with Crippen molar-refractivity contribution in [2.45, 2.75) is 50.3 Å². The largest absolute Gasteiger partial charge is 0.491 e. The zero-order valence-electron chi connectivity index (χ0n) is 20.6. The van der Waals surface area contributed by atoms with Crippen LogP contribution in [0.4, 0.5) is 19.1 Å². The van der Waals surface area contributed by atoms with Gasteiger partial charge in [0, 0.05) is 17.3 Å². The van der Waals surface area contributed by atoms with Gasteiger partial charge < -0.3 is 4.74 Å². The fourth-order valence-corrected chi connectivity index (χ4v) is 4.59. The standard InChI is InChI=1S/C16H15F3O.C13H13N3S/c1-11(2)20-15-8-6-12(7-9-15)13-4-3-5-14(10-13)16(17,18)19;1-3-10-5-6-12(9-11(10)4-1)17-16-13-14-7-2-8-15-13/h3-11H,1-2H3;2,5-9H,1,3-4H2,(H,14,15,16). The third-order valence-electron chi connectivity index (χ3n) is 5.65. The van der Waals surface area contributed by atoms with Crippen LogP contribution in [0.2, 0.25) is 0 Å². The first kappa shape index (κ1) is 26.5. The SMILES string of the molecule is CC(C)Oc1ccc(-c2cccc(C(F)(F)F)c2)cc1.c1cnc(NSc2ccc3c(c2)CCC3)nc1. The quantitative estimate of drug-likeness (QED) is 0.258. The lowest BCUT2D eigenvalue weighted by Crippen LogP contribution is -2.05. The summed E-state index contributed by atoms with van der Waals surface area (Å²) in [5.74, 6) is 1.36. The summed E-state index contributed by atoms with van der Waals surface area (Å²) in [6.07, 6.45) is 2.95. The van der Waals surface area contributed by atoms with E-state index in [0.717, 1.165) is 17.7 Å². The third-order valence-corrected chi connectivity index (χ3v) is 6.42. The first-order valence-corrected chi connectivity index (χ1v) is 12.9. The van der Waals surface area contributed by atoms with Gasteiger partial charge >= 0.3 is 6.18 Å². The molecule has 1 aliphatic rings. The van der Waals surface area contributed by atoms with Gasteiger partial charge in [0.15, 0.2) is 0 Å². The molecule has 0 atom stereocenters. The number of halogens is 3. The third kappa shape index (κ3) is 7.73. The van der Waals surface area contributed by atoms with Gasteiger partial charge in [0.25, 0.3) is 0 Å². The van der Waals surface area contributed by atoms with Crippen molar-refractivity contribution in [2.24, 2.45) is 0 Å². The van der Waals surface area contributed by atoms with Crippen molar-refractivity contribution >= 4 is 17.9 Å². The fraction of sp³-hybridized carbons (Fsp3) is 0.241. The van der Waals surface area contributed by atoms with Crippen molar-refractivity contribution in [1.29, 1.82) is 0 Å². The average molecular weight is 524 g/mol. The average Bonchev–Trinajstić information content (AvgIpc) is 3.36. The number of hydrogen-bond acceptors (Lipinski definition) is 5. The van der Waals surface area contributed by atoms with Crippen molar-refractivity contribution in [1.82, 2.24) is 9.97 Å². The highest BCUT2D eigenvalue weighted by molar-refractivity contribution is 8.00. The number of anilines is 1. The number of benzene rings is 3. The maximum atomic E-state index is 12.7. The van der Waals surface area contributed by atoms with Crippen LogP contribution in [0.5, 0.6) is 5.75 Å². The highest BCUT2D eigenvalue weighted by atomic mass is 32.2. The predicted molar refractivity (Wildman–Crippen MR) is 143 cm³/mol. The lowest BCUT2D eigenvalue weighted by Gasteiger charge is -2.11. The van der Waals surface area contributed by atoms with E-state index in [4.69, 9.17) is 4.74 Å². The van der Waals surface area contributed by atoms with Crippen molar-refractivity contribution in [3.05, 3.63) is 102 Å². The van der Waals surface area contributed by atoms with Crippen LogP contribution in [0.15, 0.2) is 90.1 Å². The lowest BCUT2D eigenvalue weighted by atomic mass is 10.0. The van der Waals surface area contributed by atoms with Gasteiger partial charge in [-0.15, -0.1) is 0 Å². The van der Waals surface area contributed by atoms with E-state index in [1.54, 1.807) is 54.7 Å². The molecule has 0 spiro atoms. The van der Waals surface area contributed by atoms with Gasteiger partial charge in [-0.05, 0) is 110 Å². The Kier molecular flexibility index (Phi) is 8.71. The van der Waals surface area contributed by atoms with Crippen LogP contribution < -0.4 is 9.46 Å². The topological polar surface area (TPSA) is 47.0 Å². The summed E-state index contributed by atoms with van der Waals surface area (Å²) in [5.41, 5.74) is 3.62.